The molecule has 3 nitrogen and oxygen atoms in total. The van der Waals surface area contributed by atoms with Gasteiger partial charge < -0.3 is 4.74 Å². The van der Waals surface area contributed by atoms with Crippen LogP contribution in [0.15, 0.2) is 47.6 Å². The molecule has 1 atom stereocenters. The van der Waals surface area contributed by atoms with Crippen LogP contribution < -0.4 is 0 Å². The molecule has 0 aliphatic heterocycles. The Kier molecular flexibility index (Phi) is 9.37. The molecule has 0 saturated heterocycles. The molecule has 0 aliphatic carbocycles. The zero-order valence-electron chi connectivity index (χ0n) is 17.7. The van der Waals surface area contributed by atoms with Gasteiger partial charge in [0.1, 0.15) is 12.1 Å². The van der Waals surface area contributed by atoms with Gasteiger partial charge in [-0.1, -0.05) is 62.8 Å². The molecule has 0 saturated carbocycles. The lowest BCUT2D eigenvalue weighted by atomic mass is 9.86. The van der Waals surface area contributed by atoms with Gasteiger partial charge in [-0.05, 0) is 44.2 Å². The van der Waals surface area contributed by atoms with Crippen molar-refractivity contribution in [2.45, 2.75) is 66.4 Å². The number of carbonyl (C=O) groups excluding carboxylic acids is 2. The van der Waals surface area contributed by atoms with Crippen molar-refractivity contribution in [2.75, 3.05) is 7.11 Å². The molecule has 3 heteroatoms. The first kappa shape index (κ1) is 23.0. The van der Waals surface area contributed by atoms with E-state index in [4.69, 9.17) is 4.74 Å². The molecule has 0 fully saturated rings. The van der Waals surface area contributed by atoms with Gasteiger partial charge in [-0.3, -0.25) is 9.59 Å². The summed E-state index contributed by atoms with van der Waals surface area (Å²) in [6.45, 7) is 9.97. The minimum absolute atomic E-state index is 0.152. The summed E-state index contributed by atoms with van der Waals surface area (Å²) in [5, 5.41) is 0. The number of ether oxygens (including phenoxy) is 1. The number of carbonyl (C=O) groups is 2. The van der Waals surface area contributed by atoms with E-state index in [-0.39, 0.29) is 17.3 Å². The third-order valence-corrected chi connectivity index (χ3v) is 4.86. The molecular formula is C24H34O3. The first-order chi connectivity index (χ1) is 12.7. The maximum Gasteiger partial charge on any atom is 0.150 e. The summed E-state index contributed by atoms with van der Waals surface area (Å²) in [5.74, 6) is 0.215. The summed E-state index contributed by atoms with van der Waals surface area (Å²) in [7, 11) is 1.66. The SMILES string of the molecule is COC(CC(=O)C(C)(C)C)C(C)=CCCC(C)=CCc1ccccc1C=O. The van der Waals surface area contributed by atoms with Gasteiger partial charge in [-0.25, -0.2) is 0 Å². The number of aldehydes is 1. The number of rotatable bonds is 10. The van der Waals surface area contributed by atoms with Crippen molar-refractivity contribution in [1.29, 1.82) is 0 Å². The fourth-order valence-corrected chi connectivity index (χ4v) is 2.79. The van der Waals surface area contributed by atoms with E-state index in [0.29, 0.717) is 6.42 Å². The highest BCUT2D eigenvalue weighted by molar-refractivity contribution is 5.84. The Balaban J connectivity index is 2.60. The molecular weight excluding hydrogens is 336 g/mol. The highest BCUT2D eigenvalue weighted by atomic mass is 16.5. The second-order valence-electron chi connectivity index (χ2n) is 8.16. The number of hydrogen-bond acceptors (Lipinski definition) is 3. The number of ketones is 1. The van der Waals surface area contributed by atoms with E-state index in [1.807, 2.05) is 52.0 Å². The third kappa shape index (κ3) is 8.04. The second-order valence-corrected chi connectivity index (χ2v) is 8.16. The van der Waals surface area contributed by atoms with Gasteiger partial charge in [0.05, 0.1) is 6.10 Å². The molecule has 0 bridgehead atoms. The van der Waals surface area contributed by atoms with Gasteiger partial charge in [-0.2, -0.15) is 0 Å². The number of benzene rings is 1. The van der Waals surface area contributed by atoms with Crippen LogP contribution in [0.1, 0.15) is 69.8 Å². The molecule has 148 valence electrons. The summed E-state index contributed by atoms with van der Waals surface area (Å²) in [4.78, 5) is 23.3. The second kappa shape index (κ2) is 11.0. The van der Waals surface area contributed by atoms with E-state index in [1.165, 1.54) is 5.57 Å². The monoisotopic (exact) mass is 370 g/mol. The highest BCUT2D eigenvalue weighted by Gasteiger charge is 2.25. The third-order valence-electron chi connectivity index (χ3n) is 4.86. The normalized spacial score (nSPS) is 14.1. The van der Waals surface area contributed by atoms with Crippen LogP contribution in [-0.2, 0) is 16.0 Å². The lowest BCUT2D eigenvalue weighted by molar-refractivity contribution is -0.128. The zero-order chi connectivity index (χ0) is 20.4. The van der Waals surface area contributed by atoms with Gasteiger partial charge >= 0.3 is 0 Å². The highest BCUT2D eigenvalue weighted by Crippen LogP contribution is 2.22. The Labute approximate surface area is 164 Å². The molecule has 0 heterocycles. The van der Waals surface area contributed by atoms with Crippen molar-refractivity contribution in [3.8, 4) is 0 Å². The average Bonchev–Trinajstić information content (AvgIpc) is 2.63. The average molecular weight is 371 g/mol. The van der Waals surface area contributed by atoms with Crippen LogP contribution in [0.25, 0.3) is 0 Å². The minimum atomic E-state index is -0.339. The molecule has 1 unspecified atom stereocenters. The molecule has 1 rings (SSSR count). The first-order valence-electron chi connectivity index (χ1n) is 9.60. The molecule has 0 radical (unpaired) electrons. The molecule has 0 N–H and O–H groups in total. The van der Waals surface area contributed by atoms with Crippen LogP contribution in [0.3, 0.4) is 0 Å². The Hall–Kier alpha value is -2.00. The summed E-state index contributed by atoms with van der Waals surface area (Å²) < 4.78 is 5.53. The van der Waals surface area contributed by atoms with Crippen LogP contribution in [0.5, 0.6) is 0 Å². The van der Waals surface area contributed by atoms with Crippen LogP contribution in [0, 0.1) is 5.41 Å². The quantitative estimate of drug-likeness (QED) is 0.390. The predicted molar refractivity (Wildman–Crippen MR) is 112 cm³/mol. The fraction of sp³-hybridized carbons (Fsp3) is 0.500. The van der Waals surface area contributed by atoms with E-state index < -0.39 is 0 Å². The van der Waals surface area contributed by atoms with Crippen molar-refractivity contribution < 1.29 is 14.3 Å². The van der Waals surface area contributed by atoms with Gasteiger partial charge in [0.15, 0.2) is 0 Å². The predicted octanol–water partition coefficient (Wildman–Crippen LogP) is 5.73. The smallest absolute Gasteiger partial charge is 0.150 e. The van der Waals surface area contributed by atoms with E-state index in [1.54, 1.807) is 7.11 Å². The Morgan fingerprint density at radius 2 is 1.81 bits per heavy atom. The topological polar surface area (TPSA) is 43.4 Å². The van der Waals surface area contributed by atoms with E-state index in [9.17, 15) is 9.59 Å². The van der Waals surface area contributed by atoms with E-state index in [0.717, 1.165) is 42.2 Å². The van der Waals surface area contributed by atoms with Crippen molar-refractivity contribution in [2.24, 2.45) is 5.41 Å². The van der Waals surface area contributed by atoms with E-state index >= 15 is 0 Å². The molecule has 1 aromatic rings. The Morgan fingerprint density at radius 1 is 1.15 bits per heavy atom. The molecule has 0 amide bonds. The largest absolute Gasteiger partial charge is 0.377 e. The molecule has 1 aromatic carbocycles. The molecule has 0 spiro atoms. The van der Waals surface area contributed by atoms with Gasteiger partial charge in [-0.15, -0.1) is 0 Å². The van der Waals surface area contributed by atoms with Crippen LogP contribution in [0.4, 0.5) is 0 Å². The zero-order valence-corrected chi connectivity index (χ0v) is 17.7. The minimum Gasteiger partial charge on any atom is -0.377 e. The summed E-state index contributed by atoms with van der Waals surface area (Å²) in [5.41, 5.74) is 3.87. The molecule has 0 aliphatic rings. The summed E-state index contributed by atoms with van der Waals surface area (Å²) in [6, 6.07) is 7.68. The molecule has 27 heavy (non-hydrogen) atoms. The van der Waals surface area contributed by atoms with Crippen molar-refractivity contribution in [3.05, 3.63) is 58.7 Å². The first-order valence-corrected chi connectivity index (χ1v) is 9.60. The van der Waals surface area contributed by atoms with Crippen molar-refractivity contribution >= 4 is 12.1 Å². The van der Waals surface area contributed by atoms with Crippen LogP contribution in [-0.4, -0.2) is 25.3 Å². The number of allylic oxidation sites excluding steroid dienone is 3. The maximum atomic E-state index is 12.3. The Bertz CT molecular complexity index is 690. The summed E-state index contributed by atoms with van der Waals surface area (Å²) >= 11 is 0. The van der Waals surface area contributed by atoms with Crippen LogP contribution >= 0.6 is 0 Å². The van der Waals surface area contributed by atoms with Crippen molar-refractivity contribution in [1.82, 2.24) is 0 Å². The maximum absolute atomic E-state index is 12.3. The van der Waals surface area contributed by atoms with Gasteiger partial charge in [0.25, 0.3) is 0 Å². The van der Waals surface area contributed by atoms with Gasteiger partial charge in [0.2, 0.25) is 0 Å². The standard InChI is InChI=1S/C24H34O3/c1-18(14-15-20-12-7-8-13-21(20)17-25)10-9-11-19(2)22(27-6)16-23(26)24(3,4)5/h7-8,11-14,17,22H,9-10,15-16H2,1-6H3. The van der Waals surface area contributed by atoms with Crippen LogP contribution in [0.2, 0.25) is 0 Å². The lowest BCUT2D eigenvalue weighted by Crippen LogP contribution is -2.26. The van der Waals surface area contributed by atoms with E-state index in [2.05, 4.69) is 19.1 Å². The Morgan fingerprint density at radius 3 is 2.41 bits per heavy atom. The summed E-state index contributed by atoms with van der Waals surface area (Å²) in [6.07, 6.45) is 8.15. The number of methoxy groups -OCH3 is 1. The fourth-order valence-electron chi connectivity index (χ4n) is 2.79. The number of Topliss-reactive ketones (excluding diaryl/α,β-unsaturated/α-hetero) is 1. The number of hydrogen-bond donors (Lipinski definition) is 0. The van der Waals surface area contributed by atoms with Crippen molar-refractivity contribution in [3.63, 3.8) is 0 Å². The lowest BCUT2D eigenvalue weighted by Gasteiger charge is -2.22. The van der Waals surface area contributed by atoms with Gasteiger partial charge in [0, 0.05) is 24.5 Å². The molecule has 0 aromatic heterocycles.